The van der Waals surface area contributed by atoms with E-state index in [2.05, 4.69) is 5.32 Å². The van der Waals surface area contributed by atoms with E-state index < -0.39 is 0 Å². The first-order valence-corrected chi connectivity index (χ1v) is 7.05. The van der Waals surface area contributed by atoms with Gasteiger partial charge < -0.3 is 15.8 Å². The van der Waals surface area contributed by atoms with Gasteiger partial charge in [-0.05, 0) is 31.2 Å². The Morgan fingerprint density at radius 3 is 2.71 bits per heavy atom. The molecular formula is C15H14Cl2N2O2. The van der Waals surface area contributed by atoms with Crippen LogP contribution in [-0.4, -0.2) is 12.5 Å². The predicted octanol–water partition coefficient (Wildman–Crippen LogP) is 4.23. The second-order valence-corrected chi connectivity index (χ2v) is 5.06. The molecule has 0 fully saturated rings. The third kappa shape index (κ3) is 3.80. The van der Waals surface area contributed by atoms with Crippen molar-refractivity contribution in [3.05, 3.63) is 52.0 Å². The Morgan fingerprint density at radius 2 is 2.05 bits per heavy atom. The van der Waals surface area contributed by atoms with Crippen molar-refractivity contribution in [1.82, 2.24) is 0 Å². The Hall–Kier alpha value is -1.91. The monoisotopic (exact) mass is 324 g/mol. The van der Waals surface area contributed by atoms with Gasteiger partial charge in [0.1, 0.15) is 5.75 Å². The first-order valence-electron chi connectivity index (χ1n) is 6.30. The molecule has 2 rings (SSSR count). The van der Waals surface area contributed by atoms with Gasteiger partial charge >= 0.3 is 0 Å². The van der Waals surface area contributed by atoms with Crippen molar-refractivity contribution in [3.8, 4) is 5.75 Å². The summed E-state index contributed by atoms with van der Waals surface area (Å²) in [7, 11) is 0. The van der Waals surface area contributed by atoms with E-state index in [9.17, 15) is 4.79 Å². The molecule has 0 heterocycles. The number of benzene rings is 2. The molecule has 0 radical (unpaired) electrons. The molecule has 0 atom stereocenters. The lowest BCUT2D eigenvalue weighted by Crippen LogP contribution is -2.12. The minimum absolute atomic E-state index is 0.241. The summed E-state index contributed by atoms with van der Waals surface area (Å²) in [5.74, 6) is 0.359. The van der Waals surface area contributed by atoms with E-state index in [1.165, 1.54) is 12.1 Å². The van der Waals surface area contributed by atoms with Crippen molar-refractivity contribution in [1.29, 1.82) is 0 Å². The molecule has 0 saturated heterocycles. The summed E-state index contributed by atoms with van der Waals surface area (Å²) in [6, 6.07) is 10.1. The van der Waals surface area contributed by atoms with Crippen molar-refractivity contribution in [2.75, 3.05) is 17.7 Å². The predicted molar refractivity (Wildman–Crippen MR) is 86.4 cm³/mol. The van der Waals surface area contributed by atoms with Gasteiger partial charge in [0.05, 0.1) is 22.3 Å². The van der Waals surface area contributed by atoms with Gasteiger partial charge in [-0.3, -0.25) is 4.79 Å². The van der Waals surface area contributed by atoms with E-state index in [1.54, 1.807) is 18.2 Å². The first kappa shape index (κ1) is 15.5. The van der Waals surface area contributed by atoms with Gasteiger partial charge in [-0.15, -0.1) is 0 Å². The summed E-state index contributed by atoms with van der Waals surface area (Å²) < 4.78 is 5.38. The number of anilines is 2. The lowest BCUT2D eigenvalue weighted by Gasteiger charge is -2.09. The molecule has 2 aromatic carbocycles. The zero-order chi connectivity index (χ0) is 15.4. The van der Waals surface area contributed by atoms with Crippen molar-refractivity contribution < 1.29 is 9.53 Å². The van der Waals surface area contributed by atoms with Crippen molar-refractivity contribution in [2.45, 2.75) is 6.92 Å². The average Bonchev–Trinajstić information content (AvgIpc) is 2.45. The van der Waals surface area contributed by atoms with E-state index in [4.69, 9.17) is 33.7 Å². The second kappa shape index (κ2) is 6.70. The van der Waals surface area contributed by atoms with Crippen molar-refractivity contribution in [2.24, 2.45) is 0 Å². The summed E-state index contributed by atoms with van der Waals surface area (Å²) in [6.45, 7) is 2.45. The van der Waals surface area contributed by atoms with Crippen LogP contribution in [0, 0.1) is 0 Å². The zero-order valence-electron chi connectivity index (χ0n) is 11.3. The van der Waals surface area contributed by atoms with Gasteiger partial charge in [0.25, 0.3) is 5.91 Å². The molecule has 0 saturated carbocycles. The molecule has 0 aliphatic carbocycles. The number of halogens is 2. The van der Waals surface area contributed by atoms with E-state index in [0.29, 0.717) is 23.6 Å². The number of ether oxygens (including phenoxy) is 1. The molecule has 0 spiro atoms. The van der Waals surface area contributed by atoms with Crippen LogP contribution < -0.4 is 15.8 Å². The molecule has 0 unspecified atom stereocenters. The third-order valence-electron chi connectivity index (χ3n) is 2.72. The van der Waals surface area contributed by atoms with Crippen LogP contribution in [0.25, 0.3) is 0 Å². The van der Waals surface area contributed by atoms with Crippen molar-refractivity contribution >= 4 is 40.5 Å². The third-order valence-corrected chi connectivity index (χ3v) is 3.54. The molecule has 1 amide bonds. The van der Waals surface area contributed by atoms with Gasteiger partial charge in [0.15, 0.2) is 0 Å². The maximum atomic E-state index is 12.2. The Bertz CT molecular complexity index is 651. The molecule has 3 N–H and O–H groups in total. The number of carbonyl (C=O) groups is 1. The number of hydrogen-bond donors (Lipinski definition) is 2. The van der Waals surface area contributed by atoms with Gasteiger partial charge in [-0.1, -0.05) is 29.3 Å². The van der Waals surface area contributed by atoms with Crippen LogP contribution in [0.3, 0.4) is 0 Å². The number of hydrogen-bond acceptors (Lipinski definition) is 3. The topological polar surface area (TPSA) is 64.3 Å². The van der Waals surface area contributed by atoms with E-state index in [1.807, 2.05) is 13.0 Å². The van der Waals surface area contributed by atoms with Crippen molar-refractivity contribution in [3.63, 3.8) is 0 Å². The van der Waals surface area contributed by atoms with Gasteiger partial charge in [0, 0.05) is 17.3 Å². The second-order valence-electron chi connectivity index (χ2n) is 4.28. The average molecular weight is 325 g/mol. The van der Waals surface area contributed by atoms with Gasteiger partial charge in [0.2, 0.25) is 0 Å². The van der Waals surface area contributed by atoms with Crippen LogP contribution in [0.4, 0.5) is 11.4 Å². The maximum Gasteiger partial charge on any atom is 0.255 e. The lowest BCUT2D eigenvalue weighted by atomic mass is 10.2. The van der Waals surface area contributed by atoms with Gasteiger partial charge in [-0.2, -0.15) is 0 Å². The van der Waals surface area contributed by atoms with Crippen LogP contribution in [0.1, 0.15) is 17.3 Å². The minimum atomic E-state index is -0.325. The Labute approximate surface area is 132 Å². The molecule has 110 valence electrons. The van der Waals surface area contributed by atoms with E-state index >= 15 is 0 Å². The summed E-state index contributed by atoms with van der Waals surface area (Å²) in [5, 5.41) is 3.24. The quantitative estimate of drug-likeness (QED) is 0.827. The fraction of sp³-hybridized carbons (Fsp3) is 0.133. The highest BCUT2D eigenvalue weighted by atomic mass is 35.5. The van der Waals surface area contributed by atoms with Crippen LogP contribution in [0.2, 0.25) is 10.0 Å². The molecule has 0 bridgehead atoms. The highest BCUT2D eigenvalue weighted by Gasteiger charge is 2.11. The smallest absolute Gasteiger partial charge is 0.255 e. The Balaban J connectivity index is 2.20. The molecule has 2 aromatic rings. The number of nitrogens with one attached hydrogen (secondary N) is 1. The molecule has 0 aliphatic rings. The Morgan fingerprint density at radius 1 is 1.29 bits per heavy atom. The molecule has 0 aliphatic heterocycles. The Kier molecular flexibility index (Phi) is 4.94. The fourth-order valence-corrected chi connectivity index (χ4v) is 2.11. The molecular weight excluding hydrogens is 311 g/mol. The van der Waals surface area contributed by atoms with Crippen LogP contribution in [0.15, 0.2) is 36.4 Å². The minimum Gasteiger partial charge on any atom is -0.494 e. The highest BCUT2D eigenvalue weighted by Crippen LogP contribution is 2.29. The summed E-state index contributed by atoms with van der Waals surface area (Å²) in [5.41, 5.74) is 6.92. The summed E-state index contributed by atoms with van der Waals surface area (Å²) in [4.78, 5) is 12.2. The molecule has 21 heavy (non-hydrogen) atoms. The highest BCUT2D eigenvalue weighted by molar-refractivity contribution is 6.44. The molecule has 0 aromatic heterocycles. The first-order chi connectivity index (χ1) is 10.0. The van der Waals surface area contributed by atoms with Crippen LogP contribution >= 0.6 is 23.2 Å². The van der Waals surface area contributed by atoms with Crippen LogP contribution in [0.5, 0.6) is 5.75 Å². The number of rotatable bonds is 4. The SMILES string of the molecule is CCOc1cccc(NC(=O)c2cc(N)c(Cl)c(Cl)c2)c1. The molecule has 6 heteroatoms. The maximum absolute atomic E-state index is 12.2. The molecule has 4 nitrogen and oxygen atoms in total. The number of carbonyl (C=O) groups excluding carboxylic acids is 1. The summed E-state index contributed by atoms with van der Waals surface area (Å²) in [6.07, 6.45) is 0. The fourth-order valence-electron chi connectivity index (χ4n) is 1.77. The normalized spacial score (nSPS) is 10.2. The lowest BCUT2D eigenvalue weighted by molar-refractivity contribution is 0.102. The standard InChI is InChI=1S/C15H14Cl2N2O2/c1-2-21-11-5-3-4-10(8-11)19-15(20)9-6-12(16)14(17)13(18)7-9/h3-8H,2,18H2,1H3,(H,19,20). The van der Waals surface area contributed by atoms with E-state index in [0.717, 1.165) is 0 Å². The number of amides is 1. The summed E-state index contributed by atoms with van der Waals surface area (Å²) >= 11 is 11.8. The van der Waals surface area contributed by atoms with Crippen LogP contribution in [-0.2, 0) is 0 Å². The number of nitrogen functional groups attached to an aromatic ring is 1. The largest absolute Gasteiger partial charge is 0.494 e. The van der Waals surface area contributed by atoms with E-state index in [-0.39, 0.29) is 21.6 Å². The number of nitrogens with two attached hydrogens (primary N) is 1. The van der Waals surface area contributed by atoms with Gasteiger partial charge in [-0.25, -0.2) is 0 Å². The zero-order valence-corrected chi connectivity index (χ0v) is 12.8.